The summed E-state index contributed by atoms with van der Waals surface area (Å²) in [6.07, 6.45) is 2.90. The fourth-order valence-corrected chi connectivity index (χ4v) is 1.93. The standard InChI is InChI=1S/C12H16N2O4S/c1-9-13-10(8-19-9)3-4-11(15)14(5-6-18-2)7-12(16)17/h3-4,8H,5-7H2,1-2H3,(H,16,17). The van der Waals surface area contributed by atoms with Gasteiger partial charge < -0.3 is 14.7 Å². The zero-order valence-corrected chi connectivity index (χ0v) is 11.6. The third-order valence-electron chi connectivity index (χ3n) is 2.24. The van der Waals surface area contributed by atoms with Crippen LogP contribution in [0.2, 0.25) is 0 Å². The van der Waals surface area contributed by atoms with Gasteiger partial charge in [-0.15, -0.1) is 11.3 Å². The summed E-state index contributed by atoms with van der Waals surface area (Å²) in [6.45, 7) is 2.06. The van der Waals surface area contributed by atoms with E-state index in [0.29, 0.717) is 12.3 Å². The number of carboxylic acid groups (broad SMARTS) is 1. The lowest BCUT2D eigenvalue weighted by Gasteiger charge is -2.18. The predicted molar refractivity (Wildman–Crippen MR) is 72.0 cm³/mol. The highest BCUT2D eigenvalue weighted by Crippen LogP contribution is 2.09. The van der Waals surface area contributed by atoms with E-state index in [1.165, 1.54) is 29.4 Å². The number of rotatable bonds is 7. The maximum Gasteiger partial charge on any atom is 0.323 e. The Morgan fingerprint density at radius 3 is 2.84 bits per heavy atom. The first kappa shape index (κ1) is 15.3. The van der Waals surface area contributed by atoms with Crippen LogP contribution >= 0.6 is 11.3 Å². The molecule has 1 amide bonds. The molecule has 104 valence electrons. The first-order valence-electron chi connectivity index (χ1n) is 5.62. The molecule has 0 aliphatic rings. The van der Waals surface area contributed by atoms with Crippen molar-refractivity contribution >= 4 is 29.3 Å². The summed E-state index contributed by atoms with van der Waals surface area (Å²) >= 11 is 1.49. The van der Waals surface area contributed by atoms with Gasteiger partial charge in [-0.1, -0.05) is 0 Å². The second-order valence-electron chi connectivity index (χ2n) is 3.77. The molecule has 1 N–H and O–H groups in total. The van der Waals surface area contributed by atoms with E-state index in [-0.39, 0.29) is 19.0 Å². The lowest BCUT2D eigenvalue weighted by Crippen LogP contribution is -2.36. The monoisotopic (exact) mass is 284 g/mol. The fraction of sp³-hybridized carbons (Fsp3) is 0.417. The minimum absolute atomic E-state index is 0.238. The summed E-state index contributed by atoms with van der Waals surface area (Å²) in [4.78, 5) is 27.9. The molecule has 0 atom stereocenters. The Kier molecular flexibility index (Phi) is 6.17. The van der Waals surface area contributed by atoms with Crippen LogP contribution in [0.25, 0.3) is 6.08 Å². The van der Waals surface area contributed by atoms with Crippen molar-refractivity contribution in [1.29, 1.82) is 0 Å². The number of ether oxygens (including phenoxy) is 1. The zero-order chi connectivity index (χ0) is 14.3. The summed E-state index contributed by atoms with van der Waals surface area (Å²) < 4.78 is 4.85. The summed E-state index contributed by atoms with van der Waals surface area (Å²) in [6, 6.07) is 0. The van der Waals surface area contributed by atoms with Crippen LogP contribution in [0.5, 0.6) is 0 Å². The predicted octanol–water partition coefficient (Wildman–Crippen LogP) is 1.02. The normalized spacial score (nSPS) is 10.8. The van der Waals surface area contributed by atoms with Crippen molar-refractivity contribution in [2.75, 3.05) is 26.8 Å². The highest BCUT2D eigenvalue weighted by molar-refractivity contribution is 7.09. The van der Waals surface area contributed by atoms with Gasteiger partial charge >= 0.3 is 5.97 Å². The van der Waals surface area contributed by atoms with E-state index in [9.17, 15) is 9.59 Å². The Morgan fingerprint density at radius 2 is 2.32 bits per heavy atom. The molecule has 0 radical (unpaired) electrons. The van der Waals surface area contributed by atoms with Crippen molar-refractivity contribution in [1.82, 2.24) is 9.88 Å². The summed E-state index contributed by atoms with van der Waals surface area (Å²) in [7, 11) is 1.50. The molecular formula is C12H16N2O4S. The molecule has 0 saturated carbocycles. The minimum Gasteiger partial charge on any atom is -0.480 e. The van der Waals surface area contributed by atoms with Gasteiger partial charge in [0.2, 0.25) is 5.91 Å². The lowest BCUT2D eigenvalue weighted by atomic mass is 10.3. The lowest BCUT2D eigenvalue weighted by molar-refractivity contribution is -0.143. The van der Waals surface area contributed by atoms with Crippen LogP contribution < -0.4 is 0 Å². The first-order valence-corrected chi connectivity index (χ1v) is 6.50. The molecule has 1 rings (SSSR count). The van der Waals surface area contributed by atoms with Gasteiger partial charge in [0.05, 0.1) is 17.3 Å². The molecule has 0 aromatic carbocycles. The Morgan fingerprint density at radius 1 is 1.58 bits per heavy atom. The third-order valence-corrected chi connectivity index (χ3v) is 3.03. The second-order valence-corrected chi connectivity index (χ2v) is 4.83. The Balaban J connectivity index is 2.64. The number of methoxy groups -OCH3 is 1. The molecule has 1 aromatic heterocycles. The molecule has 0 fully saturated rings. The number of carboxylic acids is 1. The van der Waals surface area contributed by atoms with Crippen LogP contribution in [0.3, 0.4) is 0 Å². The van der Waals surface area contributed by atoms with Crippen LogP contribution in [0.15, 0.2) is 11.5 Å². The Labute approximate surface area is 115 Å². The summed E-state index contributed by atoms with van der Waals surface area (Å²) in [5.41, 5.74) is 0.692. The number of aliphatic carboxylic acids is 1. The van der Waals surface area contributed by atoms with E-state index < -0.39 is 5.97 Å². The second kappa shape index (κ2) is 7.65. The summed E-state index contributed by atoms with van der Waals surface area (Å²) in [5.74, 6) is -1.42. The minimum atomic E-state index is -1.05. The average molecular weight is 284 g/mol. The van der Waals surface area contributed by atoms with Gasteiger partial charge in [-0.25, -0.2) is 4.98 Å². The smallest absolute Gasteiger partial charge is 0.323 e. The zero-order valence-electron chi connectivity index (χ0n) is 10.8. The first-order chi connectivity index (χ1) is 9.02. The molecule has 0 saturated heterocycles. The highest BCUT2D eigenvalue weighted by atomic mass is 32.1. The van der Waals surface area contributed by atoms with Crippen LogP contribution in [-0.2, 0) is 14.3 Å². The molecule has 0 aliphatic carbocycles. The van der Waals surface area contributed by atoms with Gasteiger partial charge in [0.1, 0.15) is 6.54 Å². The van der Waals surface area contributed by atoms with Gasteiger partial charge in [-0.3, -0.25) is 9.59 Å². The van der Waals surface area contributed by atoms with Crippen LogP contribution in [0, 0.1) is 6.92 Å². The number of thiazole rings is 1. The van der Waals surface area contributed by atoms with Crippen LogP contribution in [0.4, 0.5) is 0 Å². The molecule has 0 bridgehead atoms. The van der Waals surface area contributed by atoms with E-state index in [2.05, 4.69) is 4.98 Å². The molecule has 6 nitrogen and oxygen atoms in total. The van der Waals surface area contributed by atoms with Crippen LogP contribution in [-0.4, -0.2) is 53.7 Å². The Bertz CT molecular complexity index is 470. The molecule has 1 heterocycles. The molecule has 7 heteroatoms. The molecular weight excluding hydrogens is 268 g/mol. The van der Waals surface area contributed by atoms with Gasteiger partial charge in [0.25, 0.3) is 0 Å². The highest BCUT2D eigenvalue weighted by Gasteiger charge is 2.13. The molecule has 0 spiro atoms. The van der Waals surface area contributed by atoms with E-state index in [1.54, 1.807) is 6.08 Å². The molecule has 1 aromatic rings. The SMILES string of the molecule is COCCN(CC(=O)O)C(=O)C=Cc1csc(C)n1. The third kappa shape index (κ3) is 5.62. The van der Waals surface area contributed by atoms with Crippen LogP contribution in [0.1, 0.15) is 10.7 Å². The van der Waals surface area contributed by atoms with Crippen molar-refractivity contribution in [2.45, 2.75) is 6.92 Å². The maximum atomic E-state index is 11.9. The molecule has 19 heavy (non-hydrogen) atoms. The van der Waals surface area contributed by atoms with Crippen molar-refractivity contribution in [3.63, 3.8) is 0 Å². The number of carbonyl (C=O) groups is 2. The van der Waals surface area contributed by atoms with Crippen molar-refractivity contribution < 1.29 is 19.4 Å². The number of hydrogen-bond donors (Lipinski definition) is 1. The molecule has 0 aliphatic heterocycles. The molecule has 0 unspecified atom stereocenters. The number of aryl methyl sites for hydroxylation is 1. The maximum absolute atomic E-state index is 11.9. The largest absolute Gasteiger partial charge is 0.480 e. The Hall–Kier alpha value is -1.73. The van der Waals surface area contributed by atoms with Crippen molar-refractivity contribution in [3.8, 4) is 0 Å². The quantitative estimate of drug-likeness (QED) is 0.756. The topological polar surface area (TPSA) is 79.7 Å². The van der Waals surface area contributed by atoms with Gasteiger partial charge in [-0.05, 0) is 13.0 Å². The van der Waals surface area contributed by atoms with E-state index in [4.69, 9.17) is 9.84 Å². The number of aromatic nitrogens is 1. The number of carbonyl (C=O) groups excluding carboxylic acids is 1. The average Bonchev–Trinajstić information content (AvgIpc) is 2.77. The number of nitrogens with zero attached hydrogens (tertiary/aromatic N) is 2. The van der Waals surface area contributed by atoms with Crippen molar-refractivity contribution in [3.05, 3.63) is 22.2 Å². The van der Waals surface area contributed by atoms with Gasteiger partial charge in [0, 0.05) is 25.1 Å². The summed E-state index contributed by atoms with van der Waals surface area (Å²) in [5, 5.41) is 11.5. The number of amides is 1. The number of hydrogen-bond acceptors (Lipinski definition) is 5. The fourth-order valence-electron chi connectivity index (χ4n) is 1.35. The van der Waals surface area contributed by atoms with Crippen molar-refractivity contribution in [2.24, 2.45) is 0 Å². The van der Waals surface area contributed by atoms with Gasteiger partial charge in [-0.2, -0.15) is 0 Å². The van der Waals surface area contributed by atoms with E-state index in [1.807, 2.05) is 12.3 Å². The van der Waals surface area contributed by atoms with Gasteiger partial charge in [0.15, 0.2) is 0 Å². The van der Waals surface area contributed by atoms with E-state index >= 15 is 0 Å². The van der Waals surface area contributed by atoms with E-state index in [0.717, 1.165) is 5.01 Å².